The number of aromatic nitrogens is 2. The second-order valence-electron chi connectivity index (χ2n) is 6.61. The van der Waals surface area contributed by atoms with E-state index in [1.165, 1.54) is 0 Å². The van der Waals surface area contributed by atoms with Gasteiger partial charge in [-0.15, -0.1) is 0 Å². The van der Waals surface area contributed by atoms with Gasteiger partial charge in [0.2, 0.25) is 5.91 Å². The molecule has 3 heterocycles. The summed E-state index contributed by atoms with van der Waals surface area (Å²) in [6, 6.07) is 1.82. The predicted molar refractivity (Wildman–Crippen MR) is 88.0 cm³/mol. The molecular formula is C15H24N4O4S. The number of carbonyl (C=O) groups is 1. The van der Waals surface area contributed by atoms with E-state index in [1.54, 1.807) is 15.8 Å². The maximum Gasteiger partial charge on any atom is 0.226 e. The molecule has 0 aliphatic carbocycles. The molecule has 0 spiro atoms. The van der Waals surface area contributed by atoms with E-state index < -0.39 is 15.9 Å². The molecule has 1 N–H and O–H groups in total. The fraction of sp³-hybridized carbons (Fsp3) is 0.733. The molecule has 0 radical (unpaired) electrons. The molecular weight excluding hydrogens is 332 g/mol. The Morgan fingerprint density at radius 3 is 2.58 bits per heavy atom. The molecule has 2 aliphatic rings. The molecule has 8 nitrogen and oxygen atoms in total. The third-order valence-electron chi connectivity index (χ3n) is 4.69. The minimum Gasteiger partial charge on any atom is -0.390 e. The van der Waals surface area contributed by atoms with E-state index in [1.807, 2.05) is 12.3 Å². The van der Waals surface area contributed by atoms with Crippen molar-refractivity contribution >= 4 is 15.7 Å². The van der Waals surface area contributed by atoms with Crippen LogP contribution in [-0.2, 0) is 21.2 Å². The summed E-state index contributed by atoms with van der Waals surface area (Å²) in [4.78, 5) is 16.3. The maximum absolute atomic E-state index is 12.4. The monoisotopic (exact) mass is 356 g/mol. The van der Waals surface area contributed by atoms with Gasteiger partial charge in [-0.25, -0.2) is 8.42 Å². The first-order chi connectivity index (χ1) is 11.4. The molecule has 1 amide bonds. The number of hydrogen-bond donors (Lipinski definition) is 1. The minimum atomic E-state index is -3.03. The van der Waals surface area contributed by atoms with Crippen molar-refractivity contribution in [2.45, 2.75) is 19.1 Å². The first-order valence-corrected chi connectivity index (χ1v) is 10.1. The van der Waals surface area contributed by atoms with Crippen molar-refractivity contribution in [1.82, 2.24) is 19.6 Å². The van der Waals surface area contributed by atoms with Gasteiger partial charge < -0.3 is 10.0 Å². The molecule has 2 saturated heterocycles. The van der Waals surface area contributed by atoms with Crippen LogP contribution in [0.25, 0.3) is 0 Å². The van der Waals surface area contributed by atoms with Gasteiger partial charge in [0.15, 0.2) is 9.84 Å². The van der Waals surface area contributed by atoms with Crippen LogP contribution in [0.2, 0.25) is 0 Å². The molecule has 134 valence electrons. The van der Waals surface area contributed by atoms with Crippen molar-refractivity contribution in [2.75, 3.05) is 44.2 Å². The Labute approximate surface area is 142 Å². The normalized spacial score (nSPS) is 25.7. The highest BCUT2D eigenvalue weighted by Gasteiger charge is 2.36. The Balaban J connectivity index is 1.43. The lowest BCUT2D eigenvalue weighted by Gasteiger charge is -2.36. The van der Waals surface area contributed by atoms with Crippen LogP contribution in [0, 0.1) is 5.92 Å². The summed E-state index contributed by atoms with van der Waals surface area (Å²) < 4.78 is 24.7. The number of aliphatic hydroxyl groups excluding tert-OH is 1. The van der Waals surface area contributed by atoms with Crippen molar-refractivity contribution in [3.05, 3.63) is 18.5 Å². The summed E-state index contributed by atoms with van der Waals surface area (Å²) in [5.41, 5.74) is 0. The van der Waals surface area contributed by atoms with Crippen LogP contribution in [-0.4, -0.2) is 89.3 Å². The van der Waals surface area contributed by atoms with Crippen molar-refractivity contribution in [3.8, 4) is 0 Å². The number of carbonyl (C=O) groups excluding carboxylic acids is 1. The smallest absolute Gasteiger partial charge is 0.226 e. The Kier molecular flexibility index (Phi) is 5.21. The van der Waals surface area contributed by atoms with Gasteiger partial charge in [-0.1, -0.05) is 0 Å². The fourth-order valence-corrected chi connectivity index (χ4v) is 5.11. The van der Waals surface area contributed by atoms with Crippen LogP contribution in [0.1, 0.15) is 6.42 Å². The number of hydrogen-bond acceptors (Lipinski definition) is 6. The van der Waals surface area contributed by atoms with E-state index in [0.29, 0.717) is 45.7 Å². The van der Waals surface area contributed by atoms with E-state index in [0.717, 1.165) is 0 Å². The van der Waals surface area contributed by atoms with E-state index >= 15 is 0 Å². The second-order valence-corrected chi connectivity index (χ2v) is 8.84. The van der Waals surface area contributed by atoms with Gasteiger partial charge in [-0.05, 0) is 12.5 Å². The summed E-state index contributed by atoms with van der Waals surface area (Å²) >= 11 is 0. The van der Waals surface area contributed by atoms with Gasteiger partial charge >= 0.3 is 0 Å². The van der Waals surface area contributed by atoms with Crippen LogP contribution < -0.4 is 0 Å². The SMILES string of the molecule is O=C([C@@H]1CCS(=O)(=O)C1)N1CCN(C[C@@H](O)Cn2cccn2)CC1. The van der Waals surface area contributed by atoms with Crippen molar-refractivity contribution in [3.63, 3.8) is 0 Å². The molecule has 1 aromatic heterocycles. The zero-order valence-electron chi connectivity index (χ0n) is 13.6. The van der Waals surface area contributed by atoms with Crippen LogP contribution in [0.3, 0.4) is 0 Å². The zero-order chi connectivity index (χ0) is 17.2. The number of amides is 1. The lowest BCUT2D eigenvalue weighted by molar-refractivity contribution is -0.136. The van der Waals surface area contributed by atoms with E-state index in [4.69, 9.17) is 0 Å². The molecule has 0 bridgehead atoms. The first kappa shape index (κ1) is 17.4. The minimum absolute atomic E-state index is 0.00533. The molecule has 2 atom stereocenters. The average Bonchev–Trinajstić information content (AvgIpc) is 3.16. The summed E-state index contributed by atoms with van der Waals surface area (Å²) in [7, 11) is -3.03. The zero-order valence-corrected chi connectivity index (χ0v) is 14.4. The van der Waals surface area contributed by atoms with Gasteiger partial charge in [0.1, 0.15) is 0 Å². The quantitative estimate of drug-likeness (QED) is 0.714. The van der Waals surface area contributed by atoms with Gasteiger partial charge in [0.05, 0.1) is 30.1 Å². The van der Waals surface area contributed by atoms with Gasteiger partial charge in [0, 0.05) is 45.1 Å². The van der Waals surface area contributed by atoms with E-state index in [-0.39, 0.29) is 23.3 Å². The molecule has 3 rings (SSSR count). The highest BCUT2D eigenvalue weighted by atomic mass is 32.2. The maximum atomic E-state index is 12.4. The molecule has 9 heteroatoms. The molecule has 24 heavy (non-hydrogen) atoms. The molecule has 2 aliphatic heterocycles. The van der Waals surface area contributed by atoms with Crippen molar-refractivity contribution in [1.29, 1.82) is 0 Å². The molecule has 1 aromatic rings. The third-order valence-corrected chi connectivity index (χ3v) is 6.46. The van der Waals surface area contributed by atoms with Gasteiger partial charge in [0.25, 0.3) is 0 Å². The second kappa shape index (κ2) is 7.20. The van der Waals surface area contributed by atoms with Crippen molar-refractivity contribution in [2.24, 2.45) is 5.92 Å². The van der Waals surface area contributed by atoms with Crippen LogP contribution >= 0.6 is 0 Å². The van der Waals surface area contributed by atoms with Gasteiger partial charge in [-0.3, -0.25) is 14.4 Å². The molecule has 0 aromatic carbocycles. The highest BCUT2D eigenvalue weighted by Crippen LogP contribution is 2.21. The van der Waals surface area contributed by atoms with Crippen LogP contribution in [0.15, 0.2) is 18.5 Å². The van der Waals surface area contributed by atoms with E-state index in [2.05, 4.69) is 10.00 Å². The number of aliphatic hydroxyl groups is 1. The largest absolute Gasteiger partial charge is 0.390 e. The summed E-state index contributed by atoms with van der Waals surface area (Å²) in [6.07, 6.45) is 3.44. The third kappa shape index (κ3) is 4.34. The molecule has 0 unspecified atom stereocenters. The first-order valence-electron chi connectivity index (χ1n) is 8.30. The van der Waals surface area contributed by atoms with E-state index in [9.17, 15) is 18.3 Å². The van der Waals surface area contributed by atoms with Crippen LogP contribution in [0.5, 0.6) is 0 Å². The number of rotatable bonds is 5. The summed E-state index contributed by atoms with van der Waals surface area (Å²) in [5, 5.41) is 14.2. The average molecular weight is 356 g/mol. The number of piperazine rings is 1. The highest BCUT2D eigenvalue weighted by molar-refractivity contribution is 7.91. The number of nitrogens with zero attached hydrogens (tertiary/aromatic N) is 4. The Hall–Kier alpha value is -1.45. The Morgan fingerprint density at radius 1 is 1.25 bits per heavy atom. The summed E-state index contributed by atoms with van der Waals surface area (Å²) in [5.74, 6) is -0.280. The van der Waals surface area contributed by atoms with Crippen LogP contribution in [0.4, 0.5) is 0 Å². The Bertz CT molecular complexity index is 653. The standard InChI is InChI=1S/C15H24N4O4S/c20-14(11-19-4-1-3-16-19)10-17-5-7-18(8-6-17)15(21)13-2-9-24(22,23)12-13/h1,3-4,13-14,20H,2,5-12H2/t13-,14-/m1/s1. The molecule has 2 fully saturated rings. The predicted octanol–water partition coefficient (Wildman–Crippen LogP) is -1.18. The number of β-amino-alcohol motifs (C(OH)–C–C–N with tert-alkyl or cyclic N) is 1. The molecule has 0 saturated carbocycles. The topological polar surface area (TPSA) is 95.7 Å². The van der Waals surface area contributed by atoms with Crippen molar-refractivity contribution < 1.29 is 18.3 Å². The fourth-order valence-electron chi connectivity index (χ4n) is 3.38. The number of sulfone groups is 1. The lowest BCUT2D eigenvalue weighted by Crippen LogP contribution is -2.52. The Morgan fingerprint density at radius 2 is 2.00 bits per heavy atom. The van der Waals surface area contributed by atoms with Gasteiger partial charge in [-0.2, -0.15) is 5.10 Å². The lowest BCUT2D eigenvalue weighted by atomic mass is 10.1. The summed E-state index contributed by atoms with van der Waals surface area (Å²) in [6.45, 7) is 3.56.